The van der Waals surface area contributed by atoms with Crippen LogP contribution in [0.2, 0.25) is 0 Å². The second-order valence-corrected chi connectivity index (χ2v) is 6.71. The van der Waals surface area contributed by atoms with Crippen molar-refractivity contribution in [3.8, 4) is 0 Å². The van der Waals surface area contributed by atoms with Gasteiger partial charge in [0.05, 0.1) is 6.04 Å². The maximum atomic E-state index is 12.9. The molecule has 1 aromatic carbocycles. The third kappa shape index (κ3) is 2.78. The number of nitrogens with one attached hydrogen (secondary N) is 1. The number of aromatic nitrogens is 2. The zero-order chi connectivity index (χ0) is 15.6. The number of benzene rings is 1. The second-order valence-electron chi connectivity index (χ2n) is 6.71. The summed E-state index contributed by atoms with van der Waals surface area (Å²) in [5, 5.41) is 0. The molecule has 4 nitrogen and oxygen atoms in total. The minimum Gasteiger partial charge on any atom is -0.347 e. The smallest absolute Gasteiger partial charge is 0.223 e. The summed E-state index contributed by atoms with van der Waals surface area (Å²) in [4.78, 5) is 22.5. The summed E-state index contributed by atoms with van der Waals surface area (Å²) in [7, 11) is 0. The average molecular weight is 309 g/mol. The zero-order valence-corrected chi connectivity index (χ0v) is 13.4. The van der Waals surface area contributed by atoms with Gasteiger partial charge in [0.15, 0.2) is 0 Å². The largest absolute Gasteiger partial charge is 0.347 e. The van der Waals surface area contributed by atoms with Crippen LogP contribution in [-0.4, -0.2) is 27.3 Å². The third-order valence-electron chi connectivity index (χ3n) is 5.32. The molecule has 2 unspecified atom stereocenters. The van der Waals surface area contributed by atoms with E-state index in [0.29, 0.717) is 12.3 Å². The number of rotatable bonds is 3. The van der Waals surface area contributed by atoms with Crippen molar-refractivity contribution >= 4 is 5.91 Å². The second kappa shape index (κ2) is 6.19. The minimum absolute atomic E-state index is 0.135. The Balaban J connectivity index is 1.50. The number of aryl methyl sites for hydroxylation is 1. The van der Waals surface area contributed by atoms with E-state index in [9.17, 15) is 4.79 Å². The lowest BCUT2D eigenvalue weighted by Crippen LogP contribution is -2.32. The first-order valence-electron chi connectivity index (χ1n) is 8.69. The van der Waals surface area contributed by atoms with Crippen molar-refractivity contribution in [2.75, 3.05) is 6.54 Å². The normalized spacial score (nSPS) is 23.7. The van der Waals surface area contributed by atoms with Crippen molar-refractivity contribution in [2.24, 2.45) is 0 Å². The van der Waals surface area contributed by atoms with Crippen LogP contribution >= 0.6 is 0 Å². The summed E-state index contributed by atoms with van der Waals surface area (Å²) in [6, 6.07) is 8.77. The van der Waals surface area contributed by atoms with Crippen LogP contribution in [0.4, 0.5) is 0 Å². The predicted molar refractivity (Wildman–Crippen MR) is 89.0 cm³/mol. The fraction of sp³-hybridized carbons (Fsp3) is 0.474. The van der Waals surface area contributed by atoms with Gasteiger partial charge in [0.1, 0.15) is 5.82 Å². The molecule has 1 N–H and O–H groups in total. The lowest BCUT2D eigenvalue weighted by atomic mass is 9.81. The molecule has 2 atom stereocenters. The van der Waals surface area contributed by atoms with Crippen molar-refractivity contribution in [1.82, 2.24) is 14.9 Å². The quantitative estimate of drug-likeness (QED) is 0.942. The molecule has 1 fully saturated rings. The Morgan fingerprint density at radius 2 is 2.17 bits per heavy atom. The number of nitrogens with zero attached hydrogens (tertiary/aromatic N) is 2. The molecule has 0 saturated carbocycles. The maximum Gasteiger partial charge on any atom is 0.223 e. The molecule has 0 bridgehead atoms. The molecule has 0 radical (unpaired) electrons. The summed E-state index contributed by atoms with van der Waals surface area (Å²) in [6.45, 7) is 0.860. The number of imidazole rings is 1. The van der Waals surface area contributed by atoms with Gasteiger partial charge in [-0.1, -0.05) is 24.3 Å². The highest BCUT2D eigenvalue weighted by Crippen LogP contribution is 2.36. The van der Waals surface area contributed by atoms with Crippen molar-refractivity contribution in [1.29, 1.82) is 0 Å². The molecule has 1 aromatic heterocycles. The molecule has 1 aliphatic carbocycles. The highest BCUT2D eigenvalue weighted by atomic mass is 16.2. The minimum atomic E-state index is 0.135. The molecule has 1 aliphatic heterocycles. The van der Waals surface area contributed by atoms with Crippen LogP contribution in [-0.2, 0) is 11.2 Å². The van der Waals surface area contributed by atoms with Gasteiger partial charge in [0.2, 0.25) is 5.91 Å². The van der Waals surface area contributed by atoms with Crippen molar-refractivity contribution in [3.63, 3.8) is 0 Å². The molecule has 2 heterocycles. The number of carbonyl (C=O) groups excluding carboxylic acids is 1. The molecule has 2 aliphatic rings. The first-order chi connectivity index (χ1) is 11.3. The van der Waals surface area contributed by atoms with E-state index in [1.165, 1.54) is 17.5 Å². The Morgan fingerprint density at radius 1 is 1.26 bits per heavy atom. The molecule has 1 amide bonds. The predicted octanol–water partition coefficient (Wildman–Crippen LogP) is 3.58. The van der Waals surface area contributed by atoms with Crippen LogP contribution in [0.15, 0.2) is 36.7 Å². The number of amides is 1. The highest BCUT2D eigenvalue weighted by molar-refractivity contribution is 5.78. The molecule has 120 valence electrons. The van der Waals surface area contributed by atoms with Gasteiger partial charge in [0.25, 0.3) is 0 Å². The molecule has 0 spiro atoms. The third-order valence-corrected chi connectivity index (χ3v) is 5.32. The number of fused-ring (bicyclic) bond motifs is 1. The van der Waals surface area contributed by atoms with Crippen LogP contribution < -0.4 is 0 Å². The number of hydrogen-bond acceptors (Lipinski definition) is 2. The van der Waals surface area contributed by atoms with E-state index in [4.69, 9.17) is 0 Å². The fourth-order valence-electron chi connectivity index (χ4n) is 4.20. The van der Waals surface area contributed by atoms with Crippen LogP contribution in [0.5, 0.6) is 0 Å². The maximum absolute atomic E-state index is 12.9. The van der Waals surface area contributed by atoms with Crippen molar-refractivity contribution in [2.45, 2.75) is 50.5 Å². The van der Waals surface area contributed by atoms with Gasteiger partial charge in [-0.3, -0.25) is 4.79 Å². The topological polar surface area (TPSA) is 49.0 Å². The van der Waals surface area contributed by atoms with Gasteiger partial charge in [-0.15, -0.1) is 0 Å². The summed E-state index contributed by atoms with van der Waals surface area (Å²) in [6.07, 6.45) is 9.80. The van der Waals surface area contributed by atoms with Gasteiger partial charge < -0.3 is 9.88 Å². The molecule has 4 heteroatoms. The average Bonchev–Trinajstić information content (AvgIpc) is 3.26. The van der Waals surface area contributed by atoms with E-state index in [0.717, 1.165) is 38.1 Å². The highest BCUT2D eigenvalue weighted by Gasteiger charge is 2.33. The number of hydrogen-bond donors (Lipinski definition) is 1. The monoisotopic (exact) mass is 309 g/mol. The fourth-order valence-corrected chi connectivity index (χ4v) is 4.20. The Labute approximate surface area is 136 Å². The van der Waals surface area contributed by atoms with Crippen LogP contribution in [0, 0.1) is 0 Å². The lowest BCUT2D eigenvalue weighted by molar-refractivity contribution is -0.132. The van der Waals surface area contributed by atoms with Gasteiger partial charge >= 0.3 is 0 Å². The molecule has 23 heavy (non-hydrogen) atoms. The number of likely N-dealkylation sites (tertiary alicyclic amines) is 1. The van der Waals surface area contributed by atoms with E-state index in [1.54, 1.807) is 6.20 Å². The van der Waals surface area contributed by atoms with Crippen molar-refractivity contribution < 1.29 is 4.79 Å². The van der Waals surface area contributed by atoms with Crippen LogP contribution in [0.1, 0.15) is 61.0 Å². The summed E-state index contributed by atoms with van der Waals surface area (Å²) >= 11 is 0. The standard InChI is InChI=1S/C19H23N3O/c23-18(22-12-4-9-17(22)19-20-10-11-21-19)13-15-7-3-6-14-5-1-2-8-16(14)15/h1-2,5,8,10-11,15,17H,3-4,6-7,9,12-13H2,(H,20,21). The Kier molecular flexibility index (Phi) is 3.90. The summed E-state index contributed by atoms with van der Waals surface area (Å²) < 4.78 is 0. The number of carbonyl (C=O) groups is 1. The van der Waals surface area contributed by atoms with E-state index < -0.39 is 0 Å². The van der Waals surface area contributed by atoms with Crippen LogP contribution in [0.3, 0.4) is 0 Å². The lowest BCUT2D eigenvalue weighted by Gasteiger charge is -2.29. The Morgan fingerprint density at radius 3 is 3.04 bits per heavy atom. The van der Waals surface area contributed by atoms with Gasteiger partial charge in [-0.05, 0) is 49.1 Å². The SMILES string of the molecule is O=C(CC1CCCc2ccccc21)N1CCCC1c1ncc[nH]1. The first-order valence-corrected chi connectivity index (χ1v) is 8.69. The van der Waals surface area contributed by atoms with Crippen molar-refractivity contribution in [3.05, 3.63) is 53.6 Å². The summed E-state index contributed by atoms with van der Waals surface area (Å²) in [5.41, 5.74) is 2.82. The molecule has 2 aromatic rings. The molecule has 1 saturated heterocycles. The summed E-state index contributed by atoms with van der Waals surface area (Å²) in [5.74, 6) is 1.59. The molecular formula is C19H23N3O. The Bertz CT molecular complexity index is 680. The van der Waals surface area contributed by atoms with Gasteiger partial charge in [-0.2, -0.15) is 0 Å². The zero-order valence-electron chi connectivity index (χ0n) is 13.4. The van der Waals surface area contributed by atoms with E-state index in [-0.39, 0.29) is 11.9 Å². The van der Waals surface area contributed by atoms with Crippen LogP contribution in [0.25, 0.3) is 0 Å². The van der Waals surface area contributed by atoms with E-state index >= 15 is 0 Å². The first kappa shape index (κ1) is 14.5. The number of H-pyrrole nitrogens is 1. The van der Waals surface area contributed by atoms with Gasteiger partial charge in [-0.25, -0.2) is 4.98 Å². The van der Waals surface area contributed by atoms with E-state index in [1.807, 2.05) is 11.1 Å². The molecule has 4 rings (SSSR count). The Hall–Kier alpha value is -2.10. The van der Waals surface area contributed by atoms with Gasteiger partial charge in [0, 0.05) is 25.4 Å². The number of aromatic amines is 1. The van der Waals surface area contributed by atoms with E-state index in [2.05, 4.69) is 34.2 Å². The molecular weight excluding hydrogens is 286 g/mol.